The average Bonchev–Trinajstić information content (AvgIpc) is 2.11. The summed E-state index contributed by atoms with van der Waals surface area (Å²) in [5.41, 5.74) is -0.766. The lowest BCUT2D eigenvalue weighted by atomic mass is 9.97. The molecule has 2 N–H and O–H groups in total. The largest absolute Gasteiger partial charge is 0.480 e. The lowest BCUT2D eigenvalue weighted by Gasteiger charge is -2.23. The molecule has 0 spiro atoms. The van der Waals surface area contributed by atoms with Gasteiger partial charge in [-0.3, -0.25) is 4.79 Å². The molecule has 0 fully saturated rings. The number of rotatable bonds is 7. The van der Waals surface area contributed by atoms with E-state index in [1.54, 1.807) is 14.0 Å². The Balaban J connectivity index is 3.79. The van der Waals surface area contributed by atoms with Gasteiger partial charge in [-0.1, -0.05) is 13.8 Å². The van der Waals surface area contributed by atoms with E-state index in [1.165, 1.54) is 0 Å². The normalized spacial score (nSPS) is 15.5. The Hall–Kier alpha value is -0.220. The van der Waals surface area contributed by atoms with Crippen molar-refractivity contribution in [1.82, 2.24) is 5.32 Å². The van der Waals surface area contributed by atoms with Crippen LogP contribution in [-0.2, 0) is 4.79 Å². The van der Waals surface area contributed by atoms with Gasteiger partial charge in [0.1, 0.15) is 5.54 Å². The van der Waals surface area contributed by atoms with E-state index in [4.69, 9.17) is 5.11 Å². The fraction of sp³-hybridized carbons (Fsp3) is 0.900. The fourth-order valence-corrected chi connectivity index (χ4v) is 1.87. The minimum Gasteiger partial charge on any atom is -0.480 e. The first-order valence-electron chi connectivity index (χ1n) is 4.96. The Morgan fingerprint density at radius 1 is 1.57 bits per heavy atom. The van der Waals surface area contributed by atoms with E-state index in [-0.39, 0.29) is 0 Å². The molecular formula is C10H21NO2S. The first kappa shape index (κ1) is 13.8. The molecule has 0 aliphatic rings. The lowest BCUT2D eigenvalue weighted by molar-refractivity contribution is -0.144. The van der Waals surface area contributed by atoms with Crippen molar-refractivity contribution in [3.63, 3.8) is 0 Å². The van der Waals surface area contributed by atoms with E-state index in [2.05, 4.69) is 19.2 Å². The Morgan fingerprint density at radius 2 is 2.14 bits per heavy atom. The Morgan fingerprint density at radius 3 is 2.50 bits per heavy atom. The second kappa shape index (κ2) is 6.30. The van der Waals surface area contributed by atoms with Crippen LogP contribution in [0.3, 0.4) is 0 Å². The SMILES string of the molecule is CNC(C)(CCCSC(C)C)C(=O)O. The van der Waals surface area contributed by atoms with Gasteiger partial charge in [0.2, 0.25) is 0 Å². The van der Waals surface area contributed by atoms with Gasteiger partial charge in [-0.25, -0.2) is 0 Å². The molecule has 0 radical (unpaired) electrons. The van der Waals surface area contributed by atoms with Crippen LogP contribution < -0.4 is 5.32 Å². The number of carboxylic acid groups (broad SMARTS) is 1. The van der Waals surface area contributed by atoms with Crippen LogP contribution in [0.2, 0.25) is 0 Å². The fourth-order valence-electron chi connectivity index (χ4n) is 1.08. The Labute approximate surface area is 90.7 Å². The third-order valence-corrected chi connectivity index (χ3v) is 3.49. The summed E-state index contributed by atoms with van der Waals surface area (Å²) in [6, 6.07) is 0. The number of aliphatic carboxylic acids is 1. The molecule has 1 atom stereocenters. The summed E-state index contributed by atoms with van der Waals surface area (Å²) in [7, 11) is 1.70. The van der Waals surface area contributed by atoms with Gasteiger partial charge < -0.3 is 10.4 Å². The number of carbonyl (C=O) groups is 1. The van der Waals surface area contributed by atoms with Crippen LogP contribution in [0.5, 0.6) is 0 Å². The summed E-state index contributed by atoms with van der Waals surface area (Å²) in [6.07, 6.45) is 1.62. The molecule has 1 unspecified atom stereocenters. The number of carboxylic acids is 1. The van der Waals surface area contributed by atoms with E-state index in [1.807, 2.05) is 11.8 Å². The van der Waals surface area contributed by atoms with Crippen molar-refractivity contribution in [2.75, 3.05) is 12.8 Å². The standard InChI is InChI=1S/C10H21NO2S/c1-8(2)14-7-5-6-10(3,11-4)9(12)13/h8,11H,5-7H2,1-4H3,(H,12,13). The van der Waals surface area contributed by atoms with Crippen molar-refractivity contribution < 1.29 is 9.90 Å². The molecule has 3 nitrogen and oxygen atoms in total. The van der Waals surface area contributed by atoms with Crippen LogP contribution in [-0.4, -0.2) is 34.7 Å². The highest BCUT2D eigenvalue weighted by molar-refractivity contribution is 7.99. The molecule has 0 aromatic rings. The molecular weight excluding hydrogens is 198 g/mol. The van der Waals surface area contributed by atoms with Gasteiger partial charge in [-0.2, -0.15) is 11.8 Å². The molecule has 0 heterocycles. The van der Waals surface area contributed by atoms with E-state index in [0.717, 1.165) is 12.2 Å². The second-order valence-electron chi connectivity index (χ2n) is 3.91. The highest BCUT2D eigenvalue weighted by Crippen LogP contribution is 2.17. The minimum absolute atomic E-state index is 0.626. The summed E-state index contributed by atoms with van der Waals surface area (Å²) in [5.74, 6) is 0.261. The van der Waals surface area contributed by atoms with Crippen LogP contribution >= 0.6 is 11.8 Å². The molecule has 0 saturated carbocycles. The highest BCUT2D eigenvalue weighted by atomic mass is 32.2. The van der Waals surface area contributed by atoms with Gasteiger partial charge in [0.15, 0.2) is 0 Å². The maximum absolute atomic E-state index is 10.9. The Kier molecular flexibility index (Phi) is 6.20. The van der Waals surface area contributed by atoms with Gasteiger partial charge >= 0.3 is 5.97 Å². The van der Waals surface area contributed by atoms with Gasteiger partial charge in [-0.15, -0.1) is 0 Å². The monoisotopic (exact) mass is 219 g/mol. The third-order valence-electron chi connectivity index (χ3n) is 2.30. The van der Waals surface area contributed by atoms with E-state index >= 15 is 0 Å². The highest BCUT2D eigenvalue weighted by Gasteiger charge is 2.30. The third kappa shape index (κ3) is 4.86. The van der Waals surface area contributed by atoms with Gasteiger partial charge in [-0.05, 0) is 37.8 Å². The number of nitrogens with one attached hydrogen (secondary N) is 1. The molecule has 0 rings (SSSR count). The average molecular weight is 219 g/mol. The summed E-state index contributed by atoms with van der Waals surface area (Å²) in [6.45, 7) is 6.04. The van der Waals surface area contributed by atoms with Gasteiger partial charge in [0, 0.05) is 0 Å². The quantitative estimate of drug-likeness (QED) is 0.643. The van der Waals surface area contributed by atoms with E-state index in [0.29, 0.717) is 11.7 Å². The maximum Gasteiger partial charge on any atom is 0.323 e. The zero-order chi connectivity index (χ0) is 11.2. The van der Waals surface area contributed by atoms with Gasteiger partial charge in [0.25, 0.3) is 0 Å². The van der Waals surface area contributed by atoms with Crippen molar-refractivity contribution in [2.45, 2.75) is 44.4 Å². The second-order valence-corrected chi connectivity index (χ2v) is 5.59. The summed E-state index contributed by atoms with van der Waals surface area (Å²) in [4.78, 5) is 10.9. The number of hydrogen-bond donors (Lipinski definition) is 2. The van der Waals surface area contributed by atoms with Crippen molar-refractivity contribution in [3.8, 4) is 0 Å². The summed E-state index contributed by atoms with van der Waals surface area (Å²) in [5, 5.41) is 12.5. The zero-order valence-corrected chi connectivity index (χ0v) is 10.3. The molecule has 0 amide bonds. The molecule has 0 bridgehead atoms. The maximum atomic E-state index is 10.9. The molecule has 0 aromatic heterocycles. The predicted molar refractivity (Wildman–Crippen MR) is 61.9 cm³/mol. The number of hydrogen-bond acceptors (Lipinski definition) is 3. The first-order chi connectivity index (χ1) is 6.42. The van der Waals surface area contributed by atoms with Crippen molar-refractivity contribution in [3.05, 3.63) is 0 Å². The molecule has 0 aliphatic carbocycles. The van der Waals surface area contributed by atoms with Gasteiger partial charge in [0.05, 0.1) is 0 Å². The number of thioether (sulfide) groups is 1. The van der Waals surface area contributed by atoms with Crippen LogP contribution in [0.1, 0.15) is 33.6 Å². The minimum atomic E-state index is -0.769. The topological polar surface area (TPSA) is 49.3 Å². The smallest absolute Gasteiger partial charge is 0.323 e. The first-order valence-corrected chi connectivity index (χ1v) is 6.01. The molecule has 0 aromatic carbocycles. The molecule has 0 aliphatic heterocycles. The van der Waals surface area contributed by atoms with Crippen LogP contribution in [0.25, 0.3) is 0 Å². The Bertz CT molecular complexity index is 185. The predicted octanol–water partition coefficient (Wildman–Crippen LogP) is 1.97. The van der Waals surface area contributed by atoms with Crippen LogP contribution in [0, 0.1) is 0 Å². The van der Waals surface area contributed by atoms with Crippen molar-refractivity contribution in [2.24, 2.45) is 0 Å². The molecule has 4 heteroatoms. The molecule has 84 valence electrons. The van der Waals surface area contributed by atoms with E-state index in [9.17, 15) is 4.79 Å². The zero-order valence-electron chi connectivity index (χ0n) is 9.46. The van der Waals surface area contributed by atoms with Crippen molar-refractivity contribution in [1.29, 1.82) is 0 Å². The molecule has 0 saturated heterocycles. The summed E-state index contributed by atoms with van der Waals surface area (Å²) < 4.78 is 0. The van der Waals surface area contributed by atoms with E-state index < -0.39 is 11.5 Å². The summed E-state index contributed by atoms with van der Waals surface area (Å²) >= 11 is 1.87. The number of likely N-dealkylation sites (N-methyl/N-ethyl adjacent to an activating group) is 1. The van der Waals surface area contributed by atoms with Crippen LogP contribution in [0.4, 0.5) is 0 Å². The van der Waals surface area contributed by atoms with Crippen molar-refractivity contribution >= 4 is 17.7 Å². The lowest BCUT2D eigenvalue weighted by Crippen LogP contribution is -2.47. The van der Waals surface area contributed by atoms with Crippen LogP contribution in [0.15, 0.2) is 0 Å². The molecule has 14 heavy (non-hydrogen) atoms.